The molecular weight excluding hydrogens is 398 g/mol. The highest BCUT2D eigenvalue weighted by atomic mass is 32.2. The minimum atomic E-state index is -0.917. The fourth-order valence-electron chi connectivity index (χ4n) is 2.91. The number of carbonyl (C=O) groups is 2. The van der Waals surface area contributed by atoms with E-state index < -0.39 is 35.2 Å². The van der Waals surface area contributed by atoms with Crippen LogP contribution in [0.3, 0.4) is 0 Å². The van der Waals surface area contributed by atoms with Crippen molar-refractivity contribution in [2.24, 2.45) is 7.05 Å². The van der Waals surface area contributed by atoms with E-state index >= 15 is 0 Å². The molecule has 0 radical (unpaired) electrons. The lowest BCUT2D eigenvalue weighted by molar-refractivity contribution is 0.0471. The zero-order valence-corrected chi connectivity index (χ0v) is 16.6. The quantitative estimate of drug-likeness (QED) is 0.385. The molecule has 1 aromatic heterocycles. The molecule has 29 heavy (non-hydrogen) atoms. The van der Waals surface area contributed by atoms with Gasteiger partial charge in [-0.05, 0) is 25.0 Å². The second kappa shape index (κ2) is 9.10. The molecule has 0 unspecified atom stereocenters. The van der Waals surface area contributed by atoms with Gasteiger partial charge in [-0.15, -0.1) is 11.8 Å². The van der Waals surface area contributed by atoms with Gasteiger partial charge in [0.1, 0.15) is 11.4 Å². The number of nitrogens with one attached hydrogen (secondary N) is 1. The number of benzene rings is 1. The Balaban J connectivity index is 1.68. The van der Waals surface area contributed by atoms with Crippen LogP contribution >= 0.6 is 11.8 Å². The smallest absolute Gasteiger partial charge is 0.339 e. The van der Waals surface area contributed by atoms with Gasteiger partial charge in [-0.3, -0.25) is 19.1 Å². The predicted octanol–water partition coefficient (Wildman–Crippen LogP) is 0.967. The molecule has 0 aliphatic carbocycles. The summed E-state index contributed by atoms with van der Waals surface area (Å²) in [4.78, 5) is 51.0. The maximum Gasteiger partial charge on any atom is 0.339 e. The number of anilines is 1. The van der Waals surface area contributed by atoms with Gasteiger partial charge in [0.05, 0.1) is 11.7 Å². The molecule has 10 heteroatoms. The lowest BCUT2D eigenvalue weighted by Gasteiger charge is -2.12. The Morgan fingerprint density at radius 2 is 2.10 bits per heavy atom. The Hall–Kier alpha value is -2.85. The highest BCUT2D eigenvalue weighted by molar-refractivity contribution is 7.99. The number of rotatable bonds is 7. The highest BCUT2D eigenvalue weighted by Crippen LogP contribution is 2.27. The molecule has 1 aliphatic rings. The van der Waals surface area contributed by atoms with Crippen molar-refractivity contribution in [3.63, 3.8) is 0 Å². The molecule has 0 spiro atoms. The van der Waals surface area contributed by atoms with Gasteiger partial charge in [-0.1, -0.05) is 12.1 Å². The summed E-state index contributed by atoms with van der Waals surface area (Å²) in [6, 6.07) is 6.92. The molecule has 0 bridgehead atoms. The van der Waals surface area contributed by atoms with Crippen LogP contribution in [-0.2, 0) is 16.5 Å². The number of thioether (sulfide) groups is 1. The first-order valence-corrected chi connectivity index (χ1v) is 9.99. The van der Waals surface area contributed by atoms with Gasteiger partial charge in [0, 0.05) is 24.3 Å². The number of Topliss-reactive ketones (excluding diaryl/α,β-unsaturated/α-hetero) is 1. The van der Waals surface area contributed by atoms with E-state index in [0.717, 1.165) is 28.9 Å². The third-order valence-corrected chi connectivity index (χ3v) is 5.74. The van der Waals surface area contributed by atoms with Crippen molar-refractivity contribution in [3.05, 3.63) is 56.2 Å². The largest absolute Gasteiger partial charge is 0.454 e. The minimum absolute atomic E-state index is 0.157. The van der Waals surface area contributed by atoms with Gasteiger partial charge >= 0.3 is 11.7 Å². The van der Waals surface area contributed by atoms with Crippen molar-refractivity contribution in [1.82, 2.24) is 9.55 Å². The Labute approximate surface area is 170 Å². The van der Waals surface area contributed by atoms with Crippen molar-refractivity contribution in [3.8, 4) is 0 Å². The van der Waals surface area contributed by atoms with E-state index in [1.54, 1.807) is 18.2 Å². The maximum absolute atomic E-state index is 12.5. The Morgan fingerprint density at radius 1 is 1.34 bits per heavy atom. The van der Waals surface area contributed by atoms with Crippen LogP contribution in [0.4, 0.5) is 5.82 Å². The Morgan fingerprint density at radius 3 is 2.83 bits per heavy atom. The van der Waals surface area contributed by atoms with Crippen molar-refractivity contribution in [2.45, 2.75) is 23.8 Å². The number of nitrogens with two attached hydrogens (primary N) is 1. The molecule has 154 valence electrons. The number of nitrogen functional groups attached to an aromatic ring is 1. The Bertz CT molecular complexity index is 1040. The second-order valence-electron chi connectivity index (χ2n) is 6.52. The fourth-order valence-corrected chi connectivity index (χ4v) is 4.02. The van der Waals surface area contributed by atoms with Crippen LogP contribution in [0.2, 0.25) is 0 Å². The lowest BCUT2D eigenvalue weighted by Crippen LogP contribution is -2.35. The van der Waals surface area contributed by atoms with Gasteiger partial charge in [0.2, 0.25) is 5.78 Å². The molecule has 1 aromatic carbocycles. The number of carbonyl (C=O) groups excluding carboxylic acids is 2. The average molecular weight is 419 g/mol. The normalized spacial score (nSPS) is 16.0. The van der Waals surface area contributed by atoms with Crippen molar-refractivity contribution in [1.29, 1.82) is 0 Å². The summed E-state index contributed by atoms with van der Waals surface area (Å²) >= 11 is 1.49. The third kappa shape index (κ3) is 4.77. The molecule has 9 nitrogen and oxygen atoms in total. The van der Waals surface area contributed by atoms with E-state index in [4.69, 9.17) is 15.2 Å². The fraction of sp³-hybridized carbons (Fsp3) is 0.368. The van der Waals surface area contributed by atoms with Crippen molar-refractivity contribution < 1.29 is 19.1 Å². The van der Waals surface area contributed by atoms with Crippen LogP contribution in [0.1, 0.15) is 33.6 Å². The van der Waals surface area contributed by atoms with Gasteiger partial charge in [-0.25, -0.2) is 9.59 Å². The number of aromatic amines is 1. The van der Waals surface area contributed by atoms with Gasteiger partial charge < -0.3 is 15.2 Å². The van der Waals surface area contributed by atoms with E-state index in [1.165, 1.54) is 18.8 Å². The molecule has 1 saturated heterocycles. The van der Waals surface area contributed by atoms with Crippen LogP contribution in [0.5, 0.6) is 0 Å². The number of ether oxygens (including phenoxy) is 2. The number of ketones is 1. The molecule has 1 aliphatic heterocycles. The molecule has 2 heterocycles. The number of H-pyrrole nitrogens is 1. The third-order valence-electron chi connectivity index (χ3n) is 4.54. The van der Waals surface area contributed by atoms with Gasteiger partial charge in [0.15, 0.2) is 6.61 Å². The van der Waals surface area contributed by atoms with Gasteiger partial charge in [0.25, 0.3) is 5.56 Å². The number of aromatic nitrogens is 2. The number of nitrogens with zero attached hydrogens (tertiary/aromatic N) is 1. The standard InChI is InChI=1S/C19H21N3O6S/c1-22-16(20)15(17(24)21-19(22)26)13(23)9-28-18(25)12-6-2-3-7-14(12)29-10-11-5-4-8-27-11/h2-3,6-7,11H,4-5,8-10,20H2,1H3,(H,21,24,26)/t11-/m0/s1. The number of esters is 1. The summed E-state index contributed by atoms with van der Waals surface area (Å²) < 4.78 is 11.6. The first kappa shape index (κ1) is 20.9. The van der Waals surface area contributed by atoms with Crippen LogP contribution in [0.25, 0.3) is 0 Å². The first-order chi connectivity index (χ1) is 13.9. The molecule has 0 amide bonds. The van der Waals surface area contributed by atoms with Crippen LogP contribution < -0.4 is 17.0 Å². The molecule has 1 atom stereocenters. The summed E-state index contributed by atoms with van der Waals surface area (Å²) in [6.45, 7) is 0.0828. The Kier molecular flexibility index (Phi) is 6.55. The van der Waals surface area contributed by atoms with E-state index in [2.05, 4.69) is 0 Å². The van der Waals surface area contributed by atoms with Crippen LogP contribution in [-0.4, -0.2) is 46.4 Å². The zero-order chi connectivity index (χ0) is 21.0. The monoisotopic (exact) mass is 419 g/mol. The van der Waals surface area contributed by atoms with Crippen LogP contribution in [0.15, 0.2) is 38.8 Å². The van der Waals surface area contributed by atoms with Gasteiger partial charge in [-0.2, -0.15) is 0 Å². The summed E-state index contributed by atoms with van der Waals surface area (Å²) in [5.74, 6) is -1.05. The average Bonchev–Trinajstić information content (AvgIpc) is 3.22. The molecule has 3 N–H and O–H groups in total. The lowest BCUT2D eigenvalue weighted by atomic mass is 10.2. The molecule has 3 rings (SSSR count). The second-order valence-corrected chi connectivity index (χ2v) is 7.58. The first-order valence-electron chi connectivity index (χ1n) is 9.01. The van der Waals surface area contributed by atoms with E-state index in [0.29, 0.717) is 11.3 Å². The minimum Gasteiger partial charge on any atom is -0.454 e. The summed E-state index contributed by atoms with van der Waals surface area (Å²) in [5.41, 5.74) is 3.95. The zero-order valence-electron chi connectivity index (χ0n) is 15.8. The van der Waals surface area contributed by atoms with E-state index in [9.17, 15) is 19.2 Å². The SMILES string of the molecule is Cn1c(N)c(C(=O)COC(=O)c2ccccc2SC[C@@H]2CCCO2)c(=O)[nH]c1=O. The predicted molar refractivity (Wildman–Crippen MR) is 107 cm³/mol. The van der Waals surface area contributed by atoms with Crippen molar-refractivity contribution >= 4 is 29.3 Å². The van der Waals surface area contributed by atoms with E-state index in [-0.39, 0.29) is 11.9 Å². The topological polar surface area (TPSA) is 133 Å². The van der Waals surface area contributed by atoms with E-state index in [1.807, 2.05) is 11.1 Å². The highest BCUT2D eigenvalue weighted by Gasteiger charge is 2.22. The molecule has 0 saturated carbocycles. The number of hydrogen-bond donors (Lipinski definition) is 2. The molecular formula is C19H21N3O6S. The molecule has 2 aromatic rings. The van der Waals surface area contributed by atoms with Crippen molar-refractivity contribution in [2.75, 3.05) is 24.7 Å². The summed E-state index contributed by atoms with van der Waals surface area (Å²) in [7, 11) is 1.32. The van der Waals surface area contributed by atoms with Crippen LogP contribution in [0, 0.1) is 0 Å². The maximum atomic E-state index is 12.5. The summed E-state index contributed by atoms with van der Waals surface area (Å²) in [5, 5.41) is 0. The number of hydrogen-bond acceptors (Lipinski definition) is 8. The summed E-state index contributed by atoms with van der Waals surface area (Å²) in [6.07, 6.45) is 2.18. The molecule has 1 fully saturated rings.